The molecule has 1 saturated heterocycles. The fourth-order valence-electron chi connectivity index (χ4n) is 2.05. The van der Waals surface area contributed by atoms with E-state index in [2.05, 4.69) is 5.32 Å². The second kappa shape index (κ2) is 4.99. The Balaban J connectivity index is 2.07. The van der Waals surface area contributed by atoms with Gasteiger partial charge in [0.2, 0.25) is 11.8 Å². The first kappa shape index (κ1) is 11.6. The third kappa shape index (κ3) is 2.64. The number of para-hydroxylation sites is 1. The highest BCUT2D eigenvalue weighted by Gasteiger charge is 2.28. The van der Waals surface area contributed by atoms with Crippen LogP contribution in [-0.2, 0) is 9.59 Å². The minimum atomic E-state index is -0.186. The molecule has 0 radical (unpaired) electrons. The SMILES string of the molecule is CN(C(=O)C1CCNC(=O)C1)c1ccccc1. The Labute approximate surface area is 101 Å². The normalized spacial score (nSPS) is 19.6. The number of nitrogens with one attached hydrogen (secondary N) is 1. The summed E-state index contributed by atoms with van der Waals surface area (Å²) in [5, 5.41) is 2.74. The zero-order valence-corrected chi connectivity index (χ0v) is 9.85. The van der Waals surface area contributed by atoms with Crippen molar-refractivity contribution in [1.82, 2.24) is 5.32 Å². The number of nitrogens with zero attached hydrogens (tertiary/aromatic N) is 1. The number of hydrogen-bond donors (Lipinski definition) is 1. The zero-order chi connectivity index (χ0) is 12.3. The van der Waals surface area contributed by atoms with Crippen molar-refractivity contribution in [3.05, 3.63) is 30.3 Å². The van der Waals surface area contributed by atoms with E-state index >= 15 is 0 Å². The molecule has 2 amide bonds. The lowest BCUT2D eigenvalue weighted by Crippen LogP contribution is -2.41. The summed E-state index contributed by atoms with van der Waals surface area (Å²) < 4.78 is 0. The number of anilines is 1. The van der Waals surface area contributed by atoms with Gasteiger partial charge in [-0.1, -0.05) is 18.2 Å². The standard InChI is InChI=1S/C13H16N2O2/c1-15(11-5-3-2-4-6-11)13(17)10-7-8-14-12(16)9-10/h2-6,10H,7-9H2,1H3,(H,14,16). The van der Waals surface area contributed by atoms with Crippen molar-refractivity contribution in [1.29, 1.82) is 0 Å². The van der Waals surface area contributed by atoms with Gasteiger partial charge in [-0.2, -0.15) is 0 Å². The molecule has 0 bridgehead atoms. The average molecular weight is 232 g/mol. The molecule has 1 heterocycles. The number of piperidine rings is 1. The highest BCUT2D eigenvalue weighted by Crippen LogP contribution is 2.19. The molecule has 0 saturated carbocycles. The molecule has 1 aromatic carbocycles. The van der Waals surface area contributed by atoms with Crippen LogP contribution in [0.4, 0.5) is 5.69 Å². The van der Waals surface area contributed by atoms with Gasteiger partial charge in [-0.25, -0.2) is 0 Å². The molecular formula is C13H16N2O2. The first-order valence-corrected chi connectivity index (χ1v) is 5.78. The molecule has 0 aliphatic carbocycles. The third-order valence-corrected chi connectivity index (χ3v) is 3.07. The Hall–Kier alpha value is -1.84. The van der Waals surface area contributed by atoms with Gasteiger partial charge < -0.3 is 10.2 Å². The van der Waals surface area contributed by atoms with Crippen molar-refractivity contribution in [2.24, 2.45) is 5.92 Å². The molecule has 0 aromatic heterocycles. The van der Waals surface area contributed by atoms with E-state index in [1.807, 2.05) is 30.3 Å². The Bertz CT molecular complexity index is 417. The number of hydrogen-bond acceptors (Lipinski definition) is 2. The Morgan fingerprint density at radius 1 is 1.35 bits per heavy atom. The number of rotatable bonds is 2. The molecule has 0 spiro atoms. The van der Waals surface area contributed by atoms with Crippen molar-refractivity contribution >= 4 is 17.5 Å². The molecule has 1 aromatic rings. The number of benzene rings is 1. The van der Waals surface area contributed by atoms with E-state index in [4.69, 9.17) is 0 Å². The quantitative estimate of drug-likeness (QED) is 0.832. The zero-order valence-electron chi connectivity index (χ0n) is 9.85. The maximum absolute atomic E-state index is 12.2. The van der Waals surface area contributed by atoms with Crippen LogP contribution in [0.25, 0.3) is 0 Å². The lowest BCUT2D eigenvalue weighted by molar-refractivity contribution is -0.130. The van der Waals surface area contributed by atoms with Crippen molar-refractivity contribution in [2.45, 2.75) is 12.8 Å². The van der Waals surface area contributed by atoms with E-state index in [9.17, 15) is 9.59 Å². The molecule has 2 rings (SSSR count). The molecule has 4 heteroatoms. The van der Waals surface area contributed by atoms with Gasteiger partial charge >= 0.3 is 0 Å². The molecule has 1 fully saturated rings. The predicted octanol–water partition coefficient (Wildman–Crippen LogP) is 1.18. The largest absolute Gasteiger partial charge is 0.356 e. The van der Waals surface area contributed by atoms with Crippen LogP contribution in [0.5, 0.6) is 0 Å². The monoisotopic (exact) mass is 232 g/mol. The van der Waals surface area contributed by atoms with Crippen LogP contribution < -0.4 is 10.2 Å². The van der Waals surface area contributed by atoms with Gasteiger partial charge in [0.25, 0.3) is 0 Å². The van der Waals surface area contributed by atoms with Crippen LogP contribution in [0.15, 0.2) is 30.3 Å². The molecule has 4 nitrogen and oxygen atoms in total. The van der Waals surface area contributed by atoms with Gasteiger partial charge in [-0.3, -0.25) is 9.59 Å². The van der Waals surface area contributed by atoms with E-state index < -0.39 is 0 Å². The van der Waals surface area contributed by atoms with Crippen LogP contribution in [-0.4, -0.2) is 25.4 Å². The first-order chi connectivity index (χ1) is 8.18. The van der Waals surface area contributed by atoms with Crippen LogP contribution in [0.2, 0.25) is 0 Å². The second-order valence-corrected chi connectivity index (χ2v) is 4.27. The van der Waals surface area contributed by atoms with Gasteiger partial charge in [0, 0.05) is 31.6 Å². The van der Waals surface area contributed by atoms with Gasteiger partial charge in [0.1, 0.15) is 0 Å². The Kier molecular flexibility index (Phi) is 3.42. The van der Waals surface area contributed by atoms with Crippen molar-refractivity contribution in [3.63, 3.8) is 0 Å². The summed E-state index contributed by atoms with van der Waals surface area (Å²) in [5.41, 5.74) is 0.864. The fraction of sp³-hybridized carbons (Fsp3) is 0.385. The van der Waals surface area contributed by atoms with Crippen molar-refractivity contribution < 1.29 is 9.59 Å². The maximum atomic E-state index is 12.2. The van der Waals surface area contributed by atoms with Gasteiger partial charge in [0.05, 0.1) is 0 Å². The summed E-state index contributed by atoms with van der Waals surface area (Å²) in [6.07, 6.45) is 1.03. The van der Waals surface area contributed by atoms with Gasteiger partial charge in [-0.15, -0.1) is 0 Å². The van der Waals surface area contributed by atoms with E-state index in [0.29, 0.717) is 13.0 Å². The first-order valence-electron chi connectivity index (χ1n) is 5.78. The molecule has 1 atom stereocenters. The second-order valence-electron chi connectivity index (χ2n) is 4.27. The summed E-state index contributed by atoms with van der Waals surface area (Å²) in [4.78, 5) is 25.1. The van der Waals surface area contributed by atoms with Crippen LogP contribution in [0, 0.1) is 5.92 Å². The predicted molar refractivity (Wildman–Crippen MR) is 65.6 cm³/mol. The topological polar surface area (TPSA) is 49.4 Å². The van der Waals surface area contributed by atoms with Crippen molar-refractivity contribution in [3.8, 4) is 0 Å². The number of carbonyl (C=O) groups is 2. The Morgan fingerprint density at radius 3 is 2.71 bits per heavy atom. The molecule has 1 aliphatic rings. The summed E-state index contributed by atoms with van der Waals surface area (Å²) >= 11 is 0. The smallest absolute Gasteiger partial charge is 0.230 e. The minimum absolute atomic E-state index is 0.0195. The van der Waals surface area contributed by atoms with E-state index in [0.717, 1.165) is 12.1 Å². The molecule has 1 aliphatic heterocycles. The van der Waals surface area contributed by atoms with Crippen LogP contribution in [0.1, 0.15) is 12.8 Å². The van der Waals surface area contributed by atoms with Gasteiger partial charge in [0.15, 0.2) is 0 Å². The summed E-state index contributed by atoms with van der Waals surface area (Å²) in [5.74, 6) is -0.198. The summed E-state index contributed by atoms with van der Waals surface area (Å²) in [6.45, 7) is 0.595. The third-order valence-electron chi connectivity index (χ3n) is 3.07. The highest BCUT2D eigenvalue weighted by molar-refractivity contribution is 5.97. The minimum Gasteiger partial charge on any atom is -0.356 e. The lowest BCUT2D eigenvalue weighted by atomic mass is 9.96. The molecule has 17 heavy (non-hydrogen) atoms. The maximum Gasteiger partial charge on any atom is 0.230 e. The van der Waals surface area contributed by atoms with Gasteiger partial charge in [-0.05, 0) is 18.6 Å². The molecular weight excluding hydrogens is 216 g/mol. The number of carbonyl (C=O) groups excluding carboxylic acids is 2. The molecule has 1 N–H and O–H groups in total. The van der Waals surface area contributed by atoms with Crippen LogP contribution >= 0.6 is 0 Å². The molecule has 90 valence electrons. The summed E-state index contributed by atoms with van der Waals surface area (Å²) in [7, 11) is 1.75. The molecule has 1 unspecified atom stereocenters. The van der Waals surface area contributed by atoms with E-state index in [1.165, 1.54) is 0 Å². The number of amides is 2. The van der Waals surface area contributed by atoms with Crippen LogP contribution in [0.3, 0.4) is 0 Å². The summed E-state index contributed by atoms with van der Waals surface area (Å²) in [6, 6.07) is 9.48. The average Bonchev–Trinajstić information content (AvgIpc) is 2.38. The van der Waals surface area contributed by atoms with E-state index in [-0.39, 0.29) is 17.7 Å². The Morgan fingerprint density at radius 2 is 2.06 bits per heavy atom. The fourth-order valence-corrected chi connectivity index (χ4v) is 2.05. The highest BCUT2D eigenvalue weighted by atomic mass is 16.2. The van der Waals surface area contributed by atoms with Crippen molar-refractivity contribution in [2.75, 3.05) is 18.5 Å². The van der Waals surface area contributed by atoms with E-state index in [1.54, 1.807) is 11.9 Å². The lowest BCUT2D eigenvalue weighted by Gasteiger charge is -2.26.